The van der Waals surface area contributed by atoms with Crippen molar-refractivity contribution < 1.29 is 9.53 Å². The van der Waals surface area contributed by atoms with Gasteiger partial charge in [0.1, 0.15) is 17.7 Å². The Bertz CT molecular complexity index is 1060. The summed E-state index contributed by atoms with van der Waals surface area (Å²) >= 11 is 2.94. The van der Waals surface area contributed by atoms with E-state index < -0.39 is 0 Å². The second-order valence-electron chi connectivity index (χ2n) is 6.44. The van der Waals surface area contributed by atoms with Gasteiger partial charge in [0.15, 0.2) is 0 Å². The van der Waals surface area contributed by atoms with Crippen LogP contribution in [-0.4, -0.2) is 38.7 Å². The molecule has 0 unspecified atom stereocenters. The Hall–Kier alpha value is -2.56. The van der Waals surface area contributed by atoms with Crippen molar-refractivity contribution in [3.8, 4) is 11.3 Å². The largest absolute Gasteiger partial charge is 0.371 e. The van der Waals surface area contributed by atoms with E-state index in [1.807, 2.05) is 30.5 Å². The van der Waals surface area contributed by atoms with Crippen molar-refractivity contribution in [2.75, 3.05) is 18.2 Å². The lowest BCUT2D eigenvalue weighted by Crippen LogP contribution is -2.29. The van der Waals surface area contributed by atoms with Crippen LogP contribution in [0.15, 0.2) is 46.1 Å². The summed E-state index contributed by atoms with van der Waals surface area (Å²) in [6.07, 6.45) is 3.87. The van der Waals surface area contributed by atoms with E-state index in [2.05, 4.69) is 20.6 Å². The van der Waals surface area contributed by atoms with Crippen LogP contribution in [0.5, 0.6) is 0 Å². The first-order valence-corrected chi connectivity index (χ1v) is 11.1. The van der Waals surface area contributed by atoms with Gasteiger partial charge in [0.2, 0.25) is 11.0 Å². The molecule has 1 fully saturated rings. The third-order valence-corrected chi connectivity index (χ3v) is 6.11. The molecule has 10 heteroatoms. The van der Waals surface area contributed by atoms with Gasteiger partial charge in [0.25, 0.3) is 5.56 Å². The summed E-state index contributed by atoms with van der Waals surface area (Å²) in [4.78, 5) is 25.7. The third-order valence-electron chi connectivity index (χ3n) is 4.44. The van der Waals surface area contributed by atoms with Crippen molar-refractivity contribution in [3.63, 3.8) is 0 Å². The molecule has 8 nitrogen and oxygen atoms in total. The number of thioether (sulfide) groups is 1. The van der Waals surface area contributed by atoms with Crippen molar-refractivity contribution in [2.45, 2.75) is 30.4 Å². The van der Waals surface area contributed by atoms with E-state index in [1.165, 1.54) is 17.4 Å². The Kier molecular flexibility index (Phi) is 6.02. The summed E-state index contributed by atoms with van der Waals surface area (Å²) in [5, 5.41) is 16.2. The van der Waals surface area contributed by atoms with E-state index in [0.717, 1.165) is 39.6 Å². The van der Waals surface area contributed by atoms with E-state index in [4.69, 9.17) is 4.74 Å². The highest BCUT2D eigenvalue weighted by molar-refractivity contribution is 7.98. The summed E-state index contributed by atoms with van der Waals surface area (Å²) in [7, 11) is 0. The minimum atomic E-state index is -0.385. The molecule has 1 aliphatic heterocycles. The van der Waals surface area contributed by atoms with E-state index >= 15 is 0 Å². The number of hydrogen-bond acceptors (Lipinski definition) is 8. The third kappa shape index (κ3) is 4.72. The maximum absolute atomic E-state index is 12.4. The van der Waals surface area contributed by atoms with E-state index in [9.17, 15) is 9.59 Å². The topological polar surface area (TPSA) is 99.0 Å². The maximum Gasteiger partial charge on any atom is 0.267 e. The predicted molar refractivity (Wildman–Crippen MR) is 112 cm³/mol. The van der Waals surface area contributed by atoms with Gasteiger partial charge in [-0.2, -0.15) is 5.10 Å². The number of amides is 1. The number of nitrogens with one attached hydrogen (secondary N) is 1. The standard InChI is InChI=1S/C19H19N5O3S2/c1-28-13-6-4-12(5-7-13)14-8-9-17(26)24(23-14)11-16(25)20-19-22-21-18(29-19)15-3-2-10-27-15/h4-9,15H,2-3,10-11H2,1H3,(H,20,22,25)/t15-/m0/s1. The van der Waals surface area contributed by atoms with Gasteiger partial charge in [-0.25, -0.2) is 4.68 Å². The average molecular weight is 430 g/mol. The molecule has 4 rings (SSSR count). The van der Waals surface area contributed by atoms with Crippen LogP contribution >= 0.6 is 23.1 Å². The van der Waals surface area contributed by atoms with Crippen molar-refractivity contribution >= 4 is 34.1 Å². The molecule has 0 radical (unpaired) electrons. The van der Waals surface area contributed by atoms with Gasteiger partial charge < -0.3 is 4.74 Å². The quantitative estimate of drug-likeness (QED) is 0.602. The number of aromatic nitrogens is 4. The number of ether oxygens (including phenoxy) is 1. The summed E-state index contributed by atoms with van der Waals surface area (Å²) in [5.41, 5.74) is 1.16. The number of carbonyl (C=O) groups excluding carboxylic acids is 1. The number of carbonyl (C=O) groups is 1. The molecule has 150 valence electrons. The molecule has 0 bridgehead atoms. The first kappa shape index (κ1) is 19.7. The average Bonchev–Trinajstić information content (AvgIpc) is 3.41. The molecule has 3 aromatic rings. The Morgan fingerprint density at radius 3 is 2.83 bits per heavy atom. The predicted octanol–water partition coefficient (Wildman–Crippen LogP) is 2.97. The minimum Gasteiger partial charge on any atom is -0.371 e. The molecule has 0 aliphatic carbocycles. The van der Waals surface area contributed by atoms with Crippen LogP contribution < -0.4 is 10.9 Å². The van der Waals surface area contributed by atoms with Gasteiger partial charge in [-0.15, -0.1) is 22.0 Å². The molecule has 2 aromatic heterocycles. The molecule has 1 atom stereocenters. The second-order valence-corrected chi connectivity index (χ2v) is 8.33. The Balaban J connectivity index is 1.45. The fraction of sp³-hybridized carbons (Fsp3) is 0.316. The second kappa shape index (κ2) is 8.85. The maximum atomic E-state index is 12.4. The van der Waals surface area contributed by atoms with Crippen LogP contribution in [0.2, 0.25) is 0 Å². The lowest BCUT2D eigenvalue weighted by molar-refractivity contribution is -0.117. The fourth-order valence-electron chi connectivity index (χ4n) is 2.96. The van der Waals surface area contributed by atoms with Gasteiger partial charge in [-0.3, -0.25) is 14.9 Å². The number of hydrogen-bond donors (Lipinski definition) is 1. The fourth-order valence-corrected chi connectivity index (χ4v) is 4.21. The van der Waals surface area contributed by atoms with Crippen LogP contribution in [0.1, 0.15) is 24.0 Å². The molecule has 1 aliphatic rings. The van der Waals surface area contributed by atoms with Gasteiger partial charge in [-0.1, -0.05) is 23.5 Å². The molecule has 0 spiro atoms. The van der Waals surface area contributed by atoms with Crippen molar-refractivity contribution in [2.24, 2.45) is 0 Å². The zero-order chi connectivity index (χ0) is 20.2. The number of benzene rings is 1. The normalized spacial score (nSPS) is 16.1. The van der Waals surface area contributed by atoms with Gasteiger partial charge in [-0.05, 0) is 37.3 Å². The van der Waals surface area contributed by atoms with Crippen LogP contribution in [0.4, 0.5) is 5.13 Å². The van der Waals surface area contributed by atoms with E-state index in [-0.39, 0.29) is 24.1 Å². The highest BCUT2D eigenvalue weighted by Gasteiger charge is 2.22. The molecule has 29 heavy (non-hydrogen) atoms. The number of nitrogens with zero attached hydrogens (tertiary/aromatic N) is 4. The minimum absolute atomic E-state index is 0.0448. The zero-order valence-corrected chi connectivity index (χ0v) is 17.3. The lowest BCUT2D eigenvalue weighted by atomic mass is 10.1. The van der Waals surface area contributed by atoms with Crippen LogP contribution in [0, 0.1) is 0 Å². The van der Waals surface area contributed by atoms with Gasteiger partial charge >= 0.3 is 0 Å². The Labute approximate surface area is 175 Å². The van der Waals surface area contributed by atoms with Crippen LogP contribution in [0.3, 0.4) is 0 Å². The summed E-state index contributed by atoms with van der Waals surface area (Å²) in [6, 6.07) is 10.9. The van der Waals surface area contributed by atoms with E-state index in [0.29, 0.717) is 10.8 Å². The molecule has 1 saturated heterocycles. The smallest absolute Gasteiger partial charge is 0.267 e. The Morgan fingerprint density at radius 2 is 2.10 bits per heavy atom. The van der Waals surface area contributed by atoms with Crippen molar-refractivity contribution in [3.05, 3.63) is 51.8 Å². The molecule has 1 aromatic carbocycles. The highest BCUT2D eigenvalue weighted by atomic mass is 32.2. The SMILES string of the molecule is CSc1ccc(-c2ccc(=O)n(CC(=O)Nc3nnc([C@@H]4CCCO4)s3)n2)cc1. The summed E-state index contributed by atoms with van der Waals surface area (Å²) < 4.78 is 6.72. The van der Waals surface area contributed by atoms with Gasteiger partial charge in [0, 0.05) is 23.1 Å². The van der Waals surface area contributed by atoms with Crippen molar-refractivity contribution in [1.82, 2.24) is 20.0 Å². The van der Waals surface area contributed by atoms with E-state index in [1.54, 1.807) is 17.8 Å². The van der Waals surface area contributed by atoms with Crippen LogP contribution in [0.25, 0.3) is 11.3 Å². The number of anilines is 1. The first-order chi connectivity index (χ1) is 14.1. The molecule has 1 amide bonds. The molecule has 0 saturated carbocycles. The van der Waals surface area contributed by atoms with Crippen LogP contribution in [-0.2, 0) is 16.1 Å². The summed E-state index contributed by atoms with van der Waals surface area (Å²) in [5.74, 6) is -0.385. The summed E-state index contributed by atoms with van der Waals surface area (Å²) in [6.45, 7) is 0.515. The monoisotopic (exact) mass is 429 g/mol. The Morgan fingerprint density at radius 1 is 1.28 bits per heavy atom. The number of rotatable bonds is 6. The molecular weight excluding hydrogens is 410 g/mol. The lowest BCUT2D eigenvalue weighted by Gasteiger charge is -2.07. The molecule has 3 heterocycles. The molecule has 1 N–H and O–H groups in total. The van der Waals surface area contributed by atoms with Crippen molar-refractivity contribution in [1.29, 1.82) is 0 Å². The zero-order valence-electron chi connectivity index (χ0n) is 15.7. The molecular formula is C19H19N5O3S2. The highest BCUT2D eigenvalue weighted by Crippen LogP contribution is 2.31. The first-order valence-electron chi connectivity index (χ1n) is 9.10. The van der Waals surface area contributed by atoms with Gasteiger partial charge in [0.05, 0.1) is 5.69 Å².